The molecule has 1 rings (SSSR count). The Kier molecular flexibility index (Phi) is 7.67. The van der Waals surface area contributed by atoms with Gasteiger partial charge in [-0.2, -0.15) is 0 Å². The zero-order chi connectivity index (χ0) is 15.8. The first kappa shape index (κ1) is 17.9. The number of hydrogen-bond donors (Lipinski definition) is 1. The standard InChI is InChI=1S/C15H24BrN3O2/c1-4-18(5-2)10-6-7-12(3)17-14-11-13(16)8-9-15(14)19(20)21/h8-9,11-12,17H,4-7,10H2,1-3H3. The number of benzene rings is 1. The highest BCUT2D eigenvalue weighted by molar-refractivity contribution is 9.10. The topological polar surface area (TPSA) is 58.4 Å². The molecule has 0 spiro atoms. The summed E-state index contributed by atoms with van der Waals surface area (Å²) in [6, 6.07) is 5.18. The maximum Gasteiger partial charge on any atom is 0.292 e. The van der Waals surface area contributed by atoms with Gasteiger partial charge >= 0.3 is 0 Å². The summed E-state index contributed by atoms with van der Waals surface area (Å²) >= 11 is 3.36. The number of hydrogen-bond acceptors (Lipinski definition) is 4. The van der Waals surface area contributed by atoms with Gasteiger partial charge in [-0.3, -0.25) is 10.1 Å². The van der Waals surface area contributed by atoms with Gasteiger partial charge in [0.05, 0.1) is 4.92 Å². The first-order chi connectivity index (χ1) is 9.97. The second kappa shape index (κ2) is 9.00. The molecule has 1 unspecified atom stereocenters. The van der Waals surface area contributed by atoms with Crippen LogP contribution in [-0.2, 0) is 0 Å². The van der Waals surface area contributed by atoms with Crippen LogP contribution in [0, 0.1) is 10.1 Å². The number of nitro groups is 1. The molecular weight excluding hydrogens is 334 g/mol. The molecule has 0 aliphatic rings. The van der Waals surface area contributed by atoms with Crippen molar-refractivity contribution in [2.45, 2.75) is 39.7 Å². The van der Waals surface area contributed by atoms with E-state index in [2.05, 4.69) is 46.9 Å². The minimum absolute atomic E-state index is 0.119. The van der Waals surface area contributed by atoms with E-state index in [0.29, 0.717) is 5.69 Å². The highest BCUT2D eigenvalue weighted by atomic mass is 79.9. The molecule has 118 valence electrons. The van der Waals surface area contributed by atoms with Gasteiger partial charge in [0.1, 0.15) is 5.69 Å². The fourth-order valence-corrected chi connectivity index (χ4v) is 2.64. The lowest BCUT2D eigenvalue weighted by Gasteiger charge is -2.20. The van der Waals surface area contributed by atoms with E-state index >= 15 is 0 Å². The SMILES string of the molecule is CCN(CC)CCCC(C)Nc1cc(Br)ccc1[N+](=O)[O-]. The van der Waals surface area contributed by atoms with E-state index in [1.54, 1.807) is 12.1 Å². The minimum Gasteiger partial charge on any atom is -0.377 e. The monoisotopic (exact) mass is 357 g/mol. The molecule has 0 aromatic heterocycles. The third kappa shape index (κ3) is 6.01. The van der Waals surface area contributed by atoms with Gasteiger partial charge in [0, 0.05) is 16.6 Å². The van der Waals surface area contributed by atoms with Gasteiger partial charge < -0.3 is 10.2 Å². The second-order valence-electron chi connectivity index (χ2n) is 5.13. The molecule has 0 saturated heterocycles. The van der Waals surface area contributed by atoms with Crippen molar-refractivity contribution in [2.75, 3.05) is 25.0 Å². The average Bonchev–Trinajstić information content (AvgIpc) is 2.43. The first-order valence-corrected chi connectivity index (χ1v) is 8.20. The van der Waals surface area contributed by atoms with Crippen LogP contribution in [0.4, 0.5) is 11.4 Å². The fourth-order valence-electron chi connectivity index (χ4n) is 2.28. The van der Waals surface area contributed by atoms with Crippen LogP contribution in [0.3, 0.4) is 0 Å². The quantitative estimate of drug-likeness (QED) is 0.529. The van der Waals surface area contributed by atoms with Crippen LogP contribution in [0.25, 0.3) is 0 Å². The molecule has 0 amide bonds. The minimum atomic E-state index is -0.350. The number of nitro benzene ring substituents is 1. The van der Waals surface area contributed by atoms with Crippen molar-refractivity contribution in [1.29, 1.82) is 0 Å². The number of nitrogens with one attached hydrogen (secondary N) is 1. The first-order valence-electron chi connectivity index (χ1n) is 7.40. The molecular formula is C15H24BrN3O2. The van der Waals surface area contributed by atoms with Crippen molar-refractivity contribution in [1.82, 2.24) is 4.90 Å². The van der Waals surface area contributed by atoms with Crippen LogP contribution in [0.15, 0.2) is 22.7 Å². The smallest absolute Gasteiger partial charge is 0.292 e. The van der Waals surface area contributed by atoms with Crippen molar-refractivity contribution in [3.63, 3.8) is 0 Å². The zero-order valence-electron chi connectivity index (χ0n) is 12.9. The maximum absolute atomic E-state index is 11.0. The Hall–Kier alpha value is -1.14. The van der Waals surface area contributed by atoms with Gasteiger partial charge in [0.15, 0.2) is 0 Å². The summed E-state index contributed by atoms with van der Waals surface area (Å²) in [7, 11) is 0. The molecule has 21 heavy (non-hydrogen) atoms. The third-order valence-corrected chi connectivity index (χ3v) is 4.06. The Bertz CT molecular complexity index is 464. The second-order valence-corrected chi connectivity index (χ2v) is 6.05. The van der Waals surface area contributed by atoms with Crippen LogP contribution < -0.4 is 5.32 Å². The summed E-state index contributed by atoms with van der Waals surface area (Å²) in [6.07, 6.45) is 2.07. The van der Waals surface area contributed by atoms with Crippen molar-refractivity contribution in [2.24, 2.45) is 0 Å². The Morgan fingerprint density at radius 1 is 1.38 bits per heavy atom. The summed E-state index contributed by atoms with van der Waals surface area (Å²) in [4.78, 5) is 13.1. The molecule has 5 nitrogen and oxygen atoms in total. The fraction of sp³-hybridized carbons (Fsp3) is 0.600. The summed E-state index contributed by atoms with van der Waals surface area (Å²) in [5, 5.41) is 14.3. The van der Waals surface area contributed by atoms with E-state index in [4.69, 9.17) is 0 Å². The molecule has 1 atom stereocenters. The maximum atomic E-state index is 11.0. The molecule has 6 heteroatoms. The molecule has 0 saturated carbocycles. The number of rotatable bonds is 9. The predicted molar refractivity (Wildman–Crippen MR) is 90.9 cm³/mol. The molecule has 1 N–H and O–H groups in total. The van der Waals surface area contributed by atoms with Crippen molar-refractivity contribution in [3.05, 3.63) is 32.8 Å². The van der Waals surface area contributed by atoms with E-state index in [1.807, 2.05) is 0 Å². The molecule has 0 fully saturated rings. The van der Waals surface area contributed by atoms with Crippen LogP contribution >= 0.6 is 15.9 Å². The number of anilines is 1. The van der Waals surface area contributed by atoms with Gasteiger partial charge in [0.25, 0.3) is 5.69 Å². The van der Waals surface area contributed by atoms with Gasteiger partial charge in [-0.25, -0.2) is 0 Å². The summed E-state index contributed by atoms with van der Waals surface area (Å²) < 4.78 is 0.839. The van der Waals surface area contributed by atoms with Gasteiger partial charge in [0.2, 0.25) is 0 Å². The molecule has 0 aliphatic carbocycles. The van der Waals surface area contributed by atoms with Crippen LogP contribution in [0.2, 0.25) is 0 Å². The van der Waals surface area contributed by atoms with E-state index in [0.717, 1.165) is 36.9 Å². The van der Waals surface area contributed by atoms with Crippen molar-refractivity contribution in [3.8, 4) is 0 Å². The van der Waals surface area contributed by atoms with E-state index < -0.39 is 0 Å². The molecule has 0 bridgehead atoms. The largest absolute Gasteiger partial charge is 0.377 e. The third-order valence-electron chi connectivity index (χ3n) is 3.56. The van der Waals surface area contributed by atoms with E-state index in [9.17, 15) is 10.1 Å². The Morgan fingerprint density at radius 3 is 2.62 bits per heavy atom. The van der Waals surface area contributed by atoms with Crippen LogP contribution in [-0.4, -0.2) is 35.5 Å². The normalized spacial score (nSPS) is 12.4. The molecule has 1 aromatic carbocycles. The average molecular weight is 358 g/mol. The Morgan fingerprint density at radius 2 is 2.05 bits per heavy atom. The highest BCUT2D eigenvalue weighted by Gasteiger charge is 2.15. The van der Waals surface area contributed by atoms with Crippen molar-refractivity contribution < 1.29 is 4.92 Å². The van der Waals surface area contributed by atoms with Crippen molar-refractivity contribution >= 4 is 27.3 Å². The van der Waals surface area contributed by atoms with Gasteiger partial charge in [-0.15, -0.1) is 0 Å². The lowest BCUT2D eigenvalue weighted by Crippen LogP contribution is -2.25. The van der Waals surface area contributed by atoms with Crippen LogP contribution in [0.1, 0.15) is 33.6 Å². The zero-order valence-corrected chi connectivity index (χ0v) is 14.5. The van der Waals surface area contributed by atoms with Gasteiger partial charge in [-0.1, -0.05) is 29.8 Å². The lowest BCUT2D eigenvalue weighted by atomic mass is 10.1. The number of nitrogens with zero attached hydrogens (tertiary/aromatic N) is 2. The number of halogens is 1. The summed E-state index contributed by atoms with van der Waals surface area (Å²) in [6.45, 7) is 9.59. The van der Waals surface area contributed by atoms with Gasteiger partial charge in [-0.05, 0) is 51.5 Å². The van der Waals surface area contributed by atoms with Crippen LogP contribution in [0.5, 0.6) is 0 Å². The van der Waals surface area contributed by atoms with E-state index in [1.165, 1.54) is 6.07 Å². The molecule has 1 aromatic rings. The lowest BCUT2D eigenvalue weighted by molar-refractivity contribution is -0.384. The van der Waals surface area contributed by atoms with E-state index in [-0.39, 0.29) is 16.7 Å². The molecule has 0 aliphatic heterocycles. The Labute approximate surface area is 135 Å². The molecule has 0 heterocycles. The Balaban J connectivity index is 2.56. The summed E-state index contributed by atoms with van der Waals surface area (Å²) in [5.74, 6) is 0. The highest BCUT2D eigenvalue weighted by Crippen LogP contribution is 2.28. The summed E-state index contributed by atoms with van der Waals surface area (Å²) in [5.41, 5.74) is 0.693. The predicted octanol–water partition coefficient (Wildman–Crippen LogP) is 4.28. The molecule has 0 radical (unpaired) electrons.